The number of aromatic carboxylic acids is 1. The minimum Gasteiger partial charge on any atom is -0.477 e. The summed E-state index contributed by atoms with van der Waals surface area (Å²) in [7, 11) is 0. The van der Waals surface area contributed by atoms with Crippen molar-refractivity contribution in [3.63, 3.8) is 0 Å². The number of aliphatic hydroxyl groups excluding tert-OH is 1. The van der Waals surface area contributed by atoms with Crippen molar-refractivity contribution in [1.29, 1.82) is 0 Å². The minimum atomic E-state index is -1.21. The van der Waals surface area contributed by atoms with Crippen molar-refractivity contribution in [2.75, 3.05) is 18.5 Å². The third-order valence-corrected chi connectivity index (χ3v) is 5.67. The monoisotopic (exact) mass is 407 g/mol. The van der Waals surface area contributed by atoms with Gasteiger partial charge >= 0.3 is 5.97 Å². The molecule has 2 aliphatic rings. The van der Waals surface area contributed by atoms with Gasteiger partial charge in [0, 0.05) is 41.5 Å². The van der Waals surface area contributed by atoms with E-state index in [1.807, 2.05) is 16.7 Å². The van der Waals surface area contributed by atoms with Crippen molar-refractivity contribution in [2.24, 2.45) is 0 Å². The minimum absolute atomic E-state index is 0.0150. The molecule has 8 nitrogen and oxygen atoms in total. The molecule has 1 aliphatic carbocycles. The largest absolute Gasteiger partial charge is 0.477 e. The van der Waals surface area contributed by atoms with Gasteiger partial charge in [0.25, 0.3) is 0 Å². The van der Waals surface area contributed by atoms with E-state index in [0.717, 1.165) is 40.6 Å². The van der Waals surface area contributed by atoms with Crippen LogP contribution >= 0.6 is 0 Å². The molecule has 5 rings (SSSR count). The first-order chi connectivity index (χ1) is 14.6. The fraction of sp³-hybridized carbons (Fsp3) is 0.318. The predicted molar refractivity (Wildman–Crippen MR) is 111 cm³/mol. The molecule has 0 saturated heterocycles. The molecule has 3 N–H and O–H groups in total. The average Bonchev–Trinajstić information content (AvgIpc) is 3.58. The first-order valence-corrected chi connectivity index (χ1v) is 9.94. The zero-order valence-electron chi connectivity index (χ0n) is 16.2. The number of fused-ring (bicyclic) bond motifs is 5. The Balaban J connectivity index is 1.74. The van der Waals surface area contributed by atoms with Gasteiger partial charge in [-0.05, 0) is 36.1 Å². The highest BCUT2D eigenvalue weighted by Crippen LogP contribution is 2.41. The highest BCUT2D eigenvalue weighted by atomic mass is 16.5. The topological polar surface area (TPSA) is 114 Å². The number of carboxylic acids is 1. The number of benzene rings is 1. The Bertz CT molecular complexity index is 1230. The van der Waals surface area contributed by atoms with Crippen molar-refractivity contribution in [1.82, 2.24) is 9.55 Å². The van der Waals surface area contributed by atoms with Crippen LogP contribution in [0.25, 0.3) is 22.0 Å². The van der Waals surface area contributed by atoms with Crippen molar-refractivity contribution < 1.29 is 19.7 Å². The molecule has 3 aromatic rings. The second kappa shape index (κ2) is 7.23. The van der Waals surface area contributed by atoms with Crippen LogP contribution < -0.4 is 10.7 Å². The zero-order chi connectivity index (χ0) is 20.8. The van der Waals surface area contributed by atoms with Gasteiger partial charge in [-0.3, -0.25) is 4.79 Å². The van der Waals surface area contributed by atoms with Gasteiger partial charge in [0.05, 0.1) is 25.3 Å². The number of hydrogen-bond acceptors (Lipinski definition) is 6. The van der Waals surface area contributed by atoms with Gasteiger partial charge in [0.1, 0.15) is 11.4 Å². The maximum absolute atomic E-state index is 12.9. The number of carbonyl (C=O) groups is 1. The molecule has 0 radical (unpaired) electrons. The first kappa shape index (κ1) is 18.8. The lowest BCUT2D eigenvalue weighted by Gasteiger charge is -2.17. The lowest BCUT2D eigenvalue weighted by atomic mass is 9.95. The number of pyridine rings is 2. The molecule has 0 unspecified atom stereocenters. The average molecular weight is 407 g/mol. The Morgan fingerprint density at radius 2 is 2.10 bits per heavy atom. The van der Waals surface area contributed by atoms with Crippen LogP contribution in [0.4, 0.5) is 5.82 Å². The predicted octanol–water partition coefficient (Wildman–Crippen LogP) is 2.53. The number of ether oxygens (including phenoxy) is 1. The summed E-state index contributed by atoms with van der Waals surface area (Å²) in [5.74, 6) is -0.545. The smallest absolute Gasteiger partial charge is 0.341 e. The summed E-state index contributed by atoms with van der Waals surface area (Å²) in [5, 5.41) is 22.0. The fourth-order valence-electron chi connectivity index (χ4n) is 4.12. The second-order valence-electron chi connectivity index (χ2n) is 7.67. The van der Waals surface area contributed by atoms with E-state index in [2.05, 4.69) is 10.3 Å². The summed E-state index contributed by atoms with van der Waals surface area (Å²) >= 11 is 0. The summed E-state index contributed by atoms with van der Waals surface area (Å²) in [4.78, 5) is 28.9. The standard InChI is InChI=1S/C22H21N3O5/c26-6-5-23-19-7-12-10-30-11-18-14(16(12)8-24-19)3-4-15-20(18)25(13-1-2-13)9-17(21(15)27)22(28)29/h3-4,7-9,13,26H,1-2,5-6,10-11H2,(H,23,24)(H,28,29). The lowest BCUT2D eigenvalue weighted by Crippen LogP contribution is -2.19. The fourth-order valence-corrected chi connectivity index (χ4v) is 4.12. The van der Waals surface area contributed by atoms with E-state index in [0.29, 0.717) is 31.0 Å². The summed E-state index contributed by atoms with van der Waals surface area (Å²) in [5.41, 5.74) is 3.79. The van der Waals surface area contributed by atoms with E-state index in [1.54, 1.807) is 12.3 Å². The van der Waals surface area contributed by atoms with Crippen molar-refractivity contribution in [3.8, 4) is 11.1 Å². The molecule has 1 aromatic carbocycles. The van der Waals surface area contributed by atoms with E-state index < -0.39 is 11.4 Å². The zero-order valence-corrected chi connectivity index (χ0v) is 16.2. The quantitative estimate of drug-likeness (QED) is 0.595. The Labute approximate surface area is 171 Å². The molecule has 8 heteroatoms. The van der Waals surface area contributed by atoms with Gasteiger partial charge in [0.2, 0.25) is 5.43 Å². The number of hydrogen-bond donors (Lipinski definition) is 3. The van der Waals surface area contributed by atoms with Gasteiger partial charge in [-0.15, -0.1) is 0 Å². The highest BCUT2D eigenvalue weighted by Gasteiger charge is 2.29. The van der Waals surface area contributed by atoms with Crippen LogP contribution in [0.15, 0.2) is 35.4 Å². The summed E-state index contributed by atoms with van der Waals surface area (Å²) in [6.07, 6.45) is 5.18. The molecule has 30 heavy (non-hydrogen) atoms. The molecule has 0 bridgehead atoms. The Morgan fingerprint density at radius 1 is 1.27 bits per heavy atom. The maximum atomic E-state index is 12.9. The maximum Gasteiger partial charge on any atom is 0.341 e. The number of aromatic nitrogens is 2. The normalized spacial score (nSPS) is 15.4. The third-order valence-electron chi connectivity index (χ3n) is 5.67. The van der Waals surface area contributed by atoms with Crippen LogP contribution in [0.3, 0.4) is 0 Å². The summed E-state index contributed by atoms with van der Waals surface area (Å²) < 4.78 is 7.89. The molecule has 1 fully saturated rings. The van der Waals surface area contributed by atoms with Crippen LogP contribution in [0.5, 0.6) is 0 Å². The van der Waals surface area contributed by atoms with Crippen molar-refractivity contribution >= 4 is 22.7 Å². The molecule has 2 aromatic heterocycles. The van der Waals surface area contributed by atoms with E-state index in [1.165, 1.54) is 6.20 Å². The van der Waals surface area contributed by atoms with Crippen LogP contribution in [-0.2, 0) is 18.0 Å². The second-order valence-corrected chi connectivity index (χ2v) is 7.67. The first-order valence-electron chi connectivity index (χ1n) is 9.94. The van der Waals surface area contributed by atoms with Gasteiger partial charge in [-0.25, -0.2) is 9.78 Å². The van der Waals surface area contributed by atoms with Crippen molar-refractivity contribution in [2.45, 2.75) is 32.1 Å². The summed E-state index contributed by atoms with van der Waals surface area (Å²) in [6.45, 7) is 1.14. The molecule has 3 heterocycles. The number of nitrogens with one attached hydrogen (secondary N) is 1. The molecule has 1 aliphatic heterocycles. The third kappa shape index (κ3) is 3.05. The number of carboxylic acid groups (broad SMARTS) is 1. The SMILES string of the molecule is O=C(O)c1cn(C2CC2)c2c3c(ccc2c1=O)-c1cnc(NCCO)cc1COC3. The molecule has 0 amide bonds. The molecule has 0 atom stereocenters. The lowest BCUT2D eigenvalue weighted by molar-refractivity contribution is 0.0695. The van der Waals surface area contributed by atoms with Gasteiger partial charge in [-0.1, -0.05) is 6.07 Å². The molecular formula is C22H21N3O5. The molecule has 0 spiro atoms. The van der Waals surface area contributed by atoms with E-state index >= 15 is 0 Å². The van der Waals surface area contributed by atoms with Crippen molar-refractivity contribution in [3.05, 3.63) is 57.5 Å². The van der Waals surface area contributed by atoms with E-state index in [-0.39, 0.29) is 18.2 Å². The number of rotatable bonds is 5. The Kier molecular flexibility index (Phi) is 4.52. The summed E-state index contributed by atoms with van der Waals surface area (Å²) in [6, 6.07) is 5.68. The molecular weight excluding hydrogens is 386 g/mol. The molecule has 1 saturated carbocycles. The number of nitrogens with zero attached hydrogens (tertiary/aromatic N) is 2. The van der Waals surface area contributed by atoms with Gasteiger partial charge < -0.3 is 24.8 Å². The van der Waals surface area contributed by atoms with Gasteiger partial charge in [-0.2, -0.15) is 0 Å². The highest BCUT2D eigenvalue weighted by molar-refractivity contribution is 5.96. The Hall–Kier alpha value is -3.23. The van der Waals surface area contributed by atoms with Crippen LogP contribution in [0.1, 0.15) is 40.4 Å². The van der Waals surface area contributed by atoms with Crippen LogP contribution in [0.2, 0.25) is 0 Å². The van der Waals surface area contributed by atoms with Gasteiger partial charge in [0.15, 0.2) is 0 Å². The Morgan fingerprint density at radius 3 is 2.83 bits per heavy atom. The van der Waals surface area contributed by atoms with Crippen LogP contribution in [0, 0.1) is 0 Å². The van der Waals surface area contributed by atoms with Crippen LogP contribution in [-0.4, -0.2) is 38.9 Å². The number of aliphatic hydroxyl groups is 1. The number of anilines is 1. The van der Waals surface area contributed by atoms with E-state index in [9.17, 15) is 14.7 Å². The van der Waals surface area contributed by atoms with E-state index in [4.69, 9.17) is 9.84 Å². The molecule has 154 valence electrons.